The van der Waals surface area contributed by atoms with Crippen LogP contribution in [0.15, 0.2) is 23.8 Å². The van der Waals surface area contributed by atoms with Crippen molar-refractivity contribution in [1.82, 2.24) is 15.3 Å². The van der Waals surface area contributed by atoms with E-state index in [2.05, 4.69) is 25.3 Å². The lowest BCUT2D eigenvalue weighted by atomic mass is 9.88. The van der Waals surface area contributed by atoms with Crippen LogP contribution in [0.2, 0.25) is 0 Å². The second-order valence-electron chi connectivity index (χ2n) is 5.88. The summed E-state index contributed by atoms with van der Waals surface area (Å²) in [6, 6.07) is 2.03. The second kappa shape index (κ2) is 7.60. The maximum absolute atomic E-state index is 12.4. The quantitative estimate of drug-likeness (QED) is 0.870. The molecular weight excluding hydrogens is 340 g/mol. The summed E-state index contributed by atoms with van der Waals surface area (Å²) < 4.78 is 4.53. The van der Waals surface area contributed by atoms with Gasteiger partial charge in [-0.15, -0.1) is 11.3 Å². The summed E-state index contributed by atoms with van der Waals surface area (Å²) in [6.07, 6.45) is 5.36. The molecule has 1 aliphatic carbocycles. The molecule has 1 fully saturated rings. The van der Waals surface area contributed by atoms with E-state index in [0.29, 0.717) is 5.82 Å². The van der Waals surface area contributed by atoms with Crippen molar-refractivity contribution in [2.75, 3.05) is 19.5 Å². The highest BCUT2D eigenvalue weighted by atomic mass is 32.1. The van der Waals surface area contributed by atoms with E-state index in [0.717, 1.165) is 35.4 Å². The number of ether oxygens (including phenoxy) is 1. The standard InChI is InChI=1S/C17H20N4O3S/c1-18-10-8-19-15(20-9-10)14-12(6-7-25-14)11-4-3-5-13(11)16(22)21-17(23)24-2/h6-9,11,13,18H,3-5H2,1-2H3,(H,21,22,23)/t11-,13+/m0/s1. The average Bonchev–Trinajstić information content (AvgIpc) is 3.30. The highest BCUT2D eigenvalue weighted by Gasteiger charge is 2.36. The number of aromatic nitrogens is 2. The highest BCUT2D eigenvalue weighted by Crippen LogP contribution is 2.44. The van der Waals surface area contributed by atoms with Crippen LogP contribution in [0.5, 0.6) is 0 Å². The largest absolute Gasteiger partial charge is 0.453 e. The Kier molecular flexibility index (Phi) is 5.28. The van der Waals surface area contributed by atoms with Crippen molar-refractivity contribution in [2.24, 2.45) is 5.92 Å². The number of alkyl carbamates (subject to hydrolysis) is 1. The zero-order valence-electron chi connectivity index (χ0n) is 14.1. The molecule has 0 unspecified atom stereocenters. The third-order valence-electron chi connectivity index (χ3n) is 4.50. The Balaban J connectivity index is 1.85. The maximum Gasteiger partial charge on any atom is 0.413 e. The van der Waals surface area contributed by atoms with Crippen molar-refractivity contribution < 1.29 is 14.3 Å². The molecule has 132 valence electrons. The Hall–Kier alpha value is -2.48. The van der Waals surface area contributed by atoms with Crippen molar-refractivity contribution in [1.29, 1.82) is 0 Å². The fourth-order valence-corrected chi connectivity index (χ4v) is 4.17. The monoisotopic (exact) mass is 360 g/mol. The number of nitrogens with one attached hydrogen (secondary N) is 2. The summed E-state index contributed by atoms with van der Waals surface area (Å²) in [4.78, 5) is 33.6. The minimum Gasteiger partial charge on any atom is -0.453 e. The average molecular weight is 360 g/mol. The number of hydrogen-bond donors (Lipinski definition) is 2. The normalized spacial score (nSPS) is 19.4. The van der Waals surface area contributed by atoms with Crippen molar-refractivity contribution in [3.05, 3.63) is 29.4 Å². The number of carbonyl (C=O) groups is 2. The fourth-order valence-electron chi connectivity index (χ4n) is 3.26. The minimum atomic E-state index is -0.716. The Labute approximate surface area is 149 Å². The summed E-state index contributed by atoms with van der Waals surface area (Å²) in [5, 5.41) is 7.29. The van der Waals surface area contributed by atoms with E-state index < -0.39 is 6.09 Å². The van der Waals surface area contributed by atoms with E-state index in [9.17, 15) is 9.59 Å². The Morgan fingerprint density at radius 2 is 2.04 bits per heavy atom. The molecule has 2 aromatic heterocycles. The Morgan fingerprint density at radius 1 is 1.28 bits per heavy atom. The zero-order chi connectivity index (χ0) is 17.8. The molecule has 2 aromatic rings. The number of thiophene rings is 1. The zero-order valence-corrected chi connectivity index (χ0v) is 14.9. The van der Waals surface area contributed by atoms with E-state index in [1.54, 1.807) is 23.7 Å². The van der Waals surface area contributed by atoms with Gasteiger partial charge < -0.3 is 10.1 Å². The second-order valence-corrected chi connectivity index (χ2v) is 6.79. The predicted octanol–water partition coefficient (Wildman–Crippen LogP) is 3.01. The van der Waals surface area contributed by atoms with Crippen LogP contribution in [0.1, 0.15) is 30.7 Å². The van der Waals surface area contributed by atoms with E-state index in [1.807, 2.05) is 18.5 Å². The molecule has 0 saturated heterocycles. The number of methoxy groups -OCH3 is 1. The van der Waals surface area contributed by atoms with Crippen LogP contribution in [0.3, 0.4) is 0 Å². The van der Waals surface area contributed by atoms with Gasteiger partial charge in [0.25, 0.3) is 0 Å². The summed E-state index contributed by atoms with van der Waals surface area (Å²) in [6.45, 7) is 0. The SMILES string of the molecule is CNc1cnc(-c2sccc2[C@@H]2CCC[C@H]2C(=O)NC(=O)OC)nc1. The first-order chi connectivity index (χ1) is 12.1. The Bertz CT molecular complexity index is 760. The molecule has 0 aromatic carbocycles. The number of anilines is 1. The van der Waals surface area contributed by atoms with Crippen molar-refractivity contribution >= 4 is 29.0 Å². The first-order valence-electron chi connectivity index (χ1n) is 8.10. The number of rotatable bonds is 4. The van der Waals surface area contributed by atoms with Gasteiger partial charge in [-0.3, -0.25) is 10.1 Å². The molecule has 8 heteroatoms. The molecule has 0 spiro atoms. The molecule has 3 rings (SSSR count). The maximum atomic E-state index is 12.4. The van der Waals surface area contributed by atoms with Gasteiger partial charge in [0.1, 0.15) is 0 Å². The van der Waals surface area contributed by atoms with E-state index in [4.69, 9.17) is 0 Å². The van der Waals surface area contributed by atoms with E-state index in [1.165, 1.54) is 7.11 Å². The van der Waals surface area contributed by atoms with Gasteiger partial charge in [-0.1, -0.05) is 6.42 Å². The number of amides is 2. The minimum absolute atomic E-state index is 0.0542. The lowest BCUT2D eigenvalue weighted by molar-refractivity contribution is -0.124. The van der Waals surface area contributed by atoms with Crippen LogP contribution >= 0.6 is 11.3 Å². The summed E-state index contributed by atoms with van der Waals surface area (Å²) in [5.74, 6) is 0.184. The van der Waals surface area contributed by atoms with Gasteiger partial charge in [0.2, 0.25) is 5.91 Å². The van der Waals surface area contributed by atoms with E-state index >= 15 is 0 Å². The molecule has 0 radical (unpaired) electrons. The third-order valence-corrected chi connectivity index (χ3v) is 5.43. The number of carbonyl (C=O) groups excluding carboxylic acids is 2. The molecule has 1 aliphatic rings. The molecule has 2 amide bonds. The summed E-state index contributed by atoms with van der Waals surface area (Å²) in [7, 11) is 3.07. The molecule has 2 atom stereocenters. The first kappa shape index (κ1) is 17.3. The van der Waals surface area contributed by atoms with Gasteiger partial charge >= 0.3 is 6.09 Å². The third kappa shape index (κ3) is 3.63. The molecule has 0 bridgehead atoms. The molecule has 2 heterocycles. The van der Waals surface area contributed by atoms with Crippen LogP contribution in [0.4, 0.5) is 10.5 Å². The summed E-state index contributed by atoms with van der Waals surface area (Å²) in [5.41, 5.74) is 1.92. The van der Waals surface area contributed by atoms with Gasteiger partial charge in [-0.2, -0.15) is 0 Å². The molecule has 25 heavy (non-hydrogen) atoms. The van der Waals surface area contributed by atoms with Crippen LogP contribution in [0, 0.1) is 5.92 Å². The van der Waals surface area contributed by atoms with Crippen molar-refractivity contribution in [3.63, 3.8) is 0 Å². The molecule has 7 nitrogen and oxygen atoms in total. The van der Waals surface area contributed by atoms with Crippen molar-refractivity contribution in [3.8, 4) is 10.7 Å². The predicted molar refractivity (Wildman–Crippen MR) is 95.5 cm³/mol. The fraction of sp³-hybridized carbons (Fsp3) is 0.412. The first-order valence-corrected chi connectivity index (χ1v) is 8.98. The molecule has 1 saturated carbocycles. The van der Waals surface area contributed by atoms with Gasteiger partial charge in [0, 0.05) is 13.0 Å². The van der Waals surface area contributed by atoms with Gasteiger partial charge in [0.15, 0.2) is 5.82 Å². The lowest BCUT2D eigenvalue weighted by Gasteiger charge is -2.19. The topological polar surface area (TPSA) is 93.2 Å². The molecular formula is C17H20N4O3S. The summed E-state index contributed by atoms with van der Waals surface area (Å²) >= 11 is 1.57. The van der Waals surface area contributed by atoms with Gasteiger partial charge in [0.05, 0.1) is 30.1 Å². The molecule has 0 aliphatic heterocycles. The molecule has 2 N–H and O–H groups in total. The van der Waals surface area contributed by atoms with Crippen LogP contribution in [-0.4, -0.2) is 36.1 Å². The number of nitrogens with zero attached hydrogens (tertiary/aromatic N) is 2. The smallest absolute Gasteiger partial charge is 0.413 e. The Morgan fingerprint density at radius 3 is 2.72 bits per heavy atom. The van der Waals surface area contributed by atoms with Gasteiger partial charge in [-0.25, -0.2) is 14.8 Å². The van der Waals surface area contributed by atoms with Gasteiger partial charge in [-0.05, 0) is 35.8 Å². The van der Waals surface area contributed by atoms with E-state index in [-0.39, 0.29) is 17.7 Å². The van der Waals surface area contributed by atoms with Crippen molar-refractivity contribution in [2.45, 2.75) is 25.2 Å². The highest BCUT2D eigenvalue weighted by molar-refractivity contribution is 7.13. The number of imide groups is 1. The van der Waals surface area contributed by atoms with Crippen LogP contribution < -0.4 is 10.6 Å². The lowest BCUT2D eigenvalue weighted by Crippen LogP contribution is -2.36. The van der Waals surface area contributed by atoms with Crippen LogP contribution in [-0.2, 0) is 9.53 Å². The number of hydrogen-bond acceptors (Lipinski definition) is 7. The van der Waals surface area contributed by atoms with Crippen LogP contribution in [0.25, 0.3) is 10.7 Å².